The molecule has 0 bridgehead atoms. The molecule has 1 aromatic carbocycles. The zero-order chi connectivity index (χ0) is 13.1. The summed E-state index contributed by atoms with van der Waals surface area (Å²) in [5, 5.41) is 0. The minimum absolute atomic E-state index is 0.00901. The van der Waals surface area contributed by atoms with Crippen LogP contribution in [0.1, 0.15) is 44.2 Å². The normalized spacial score (nSPS) is 21.2. The van der Waals surface area contributed by atoms with E-state index in [4.69, 9.17) is 0 Å². The molecular weight excluding hydrogens is 223 g/mol. The van der Waals surface area contributed by atoms with E-state index in [2.05, 4.69) is 38.1 Å². The lowest BCUT2D eigenvalue weighted by atomic mass is 9.82. The molecule has 0 aliphatic heterocycles. The summed E-state index contributed by atoms with van der Waals surface area (Å²) in [6.45, 7) is 6.37. The number of hydrogen-bond donors (Lipinski definition) is 0. The fourth-order valence-electron chi connectivity index (χ4n) is 2.67. The summed E-state index contributed by atoms with van der Waals surface area (Å²) < 4.78 is 13.4. The van der Waals surface area contributed by atoms with E-state index >= 15 is 0 Å². The Kier molecular flexibility index (Phi) is 4.00. The first kappa shape index (κ1) is 13.1. The average molecular weight is 244 g/mol. The standard InChI is InChI=1S/C17H21F/c1-4-14-7-5-6-8-16(14)13(3)15-9-10-17(18)12(2)11-15/h5-10,12-13H,4,11H2,1-3H3. The molecule has 0 saturated heterocycles. The molecule has 0 radical (unpaired) electrons. The maximum Gasteiger partial charge on any atom is 0.103 e. The van der Waals surface area contributed by atoms with Gasteiger partial charge in [-0.05, 0) is 30.0 Å². The number of benzene rings is 1. The Morgan fingerprint density at radius 3 is 2.67 bits per heavy atom. The van der Waals surface area contributed by atoms with Crippen molar-refractivity contribution in [2.45, 2.75) is 39.5 Å². The zero-order valence-corrected chi connectivity index (χ0v) is 11.4. The van der Waals surface area contributed by atoms with Gasteiger partial charge in [0.1, 0.15) is 5.83 Å². The van der Waals surface area contributed by atoms with Crippen LogP contribution in [0.4, 0.5) is 4.39 Å². The molecule has 1 heteroatoms. The van der Waals surface area contributed by atoms with Crippen LogP contribution in [0.25, 0.3) is 0 Å². The fourth-order valence-corrected chi connectivity index (χ4v) is 2.67. The van der Waals surface area contributed by atoms with Crippen LogP contribution in [0.2, 0.25) is 0 Å². The summed E-state index contributed by atoms with van der Waals surface area (Å²) in [4.78, 5) is 0. The third-order valence-electron chi connectivity index (χ3n) is 3.93. The van der Waals surface area contributed by atoms with E-state index in [-0.39, 0.29) is 11.7 Å². The molecule has 96 valence electrons. The van der Waals surface area contributed by atoms with Gasteiger partial charge in [-0.1, -0.05) is 56.7 Å². The first-order valence-corrected chi connectivity index (χ1v) is 6.77. The number of aryl methyl sites for hydroxylation is 1. The van der Waals surface area contributed by atoms with Crippen molar-refractivity contribution in [2.75, 3.05) is 0 Å². The van der Waals surface area contributed by atoms with Crippen LogP contribution in [-0.4, -0.2) is 0 Å². The number of rotatable bonds is 3. The van der Waals surface area contributed by atoms with Gasteiger partial charge in [0, 0.05) is 11.8 Å². The molecule has 18 heavy (non-hydrogen) atoms. The van der Waals surface area contributed by atoms with E-state index < -0.39 is 0 Å². The quantitative estimate of drug-likeness (QED) is 0.688. The molecule has 1 aromatic rings. The number of halogens is 1. The predicted octanol–water partition coefficient (Wildman–Crippen LogP) is 5.17. The molecule has 2 rings (SSSR count). The third kappa shape index (κ3) is 2.55. The lowest BCUT2D eigenvalue weighted by molar-refractivity contribution is 0.475. The predicted molar refractivity (Wildman–Crippen MR) is 75.3 cm³/mol. The Hall–Kier alpha value is -1.37. The second kappa shape index (κ2) is 5.51. The van der Waals surface area contributed by atoms with Gasteiger partial charge >= 0.3 is 0 Å². The lowest BCUT2D eigenvalue weighted by Gasteiger charge is -2.24. The Labute approximate surface area is 109 Å². The van der Waals surface area contributed by atoms with Gasteiger partial charge in [-0.2, -0.15) is 0 Å². The Bertz CT molecular complexity index is 482. The highest BCUT2D eigenvalue weighted by Gasteiger charge is 2.20. The molecule has 0 N–H and O–H groups in total. The van der Waals surface area contributed by atoms with Gasteiger partial charge in [0.05, 0.1) is 0 Å². The first-order chi connectivity index (χ1) is 8.63. The SMILES string of the molecule is CCc1ccccc1C(C)C1=CC=C(F)C(C)C1. The van der Waals surface area contributed by atoms with Gasteiger partial charge in [0.25, 0.3) is 0 Å². The molecule has 2 unspecified atom stereocenters. The molecule has 0 aromatic heterocycles. The highest BCUT2D eigenvalue weighted by atomic mass is 19.1. The van der Waals surface area contributed by atoms with Gasteiger partial charge in [0.15, 0.2) is 0 Å². The smallest absolute Gasteiger partial charge is 0.103 e. The third-order valence-corrected chi connectivity index (χ3v) is 3.93. The van der Waals surface area contributed by atoms with E-state index in [1.807, 2.05) is 13.0 Å². The molecule has 0 amide bonds. The van der Waals surface area contributed by atoms with Crippen molar-refractivity contribution < 1.29 is 4.39 Å². The van der Waals surface area contributed by atoms with E-state index in [1.165, 1.54) is 16.7 Å². The van der Waals surface area contributed by atoms with E-state index in [0.717, 1.165) is 12.8 Å². The van der Waals surface area contributed by atoms with Crippen molar-refractivity contribution in [1.29, 1.82) is 0 Å². The van der Waals surface area contributed by atoms with Gasteiger partial charge in [-0.3, -0.25) is 0 Å². The van der Waals surface area contributed by atoms with Crippen LogP contribution in [-0.2, 0) is 6.42 Å². The monoisotopic (exact) mass is 244 g/mol. The lowest BCUT2D eigenvalue weighted by Crippen LogP contribution is -2.09. The molecule has 1 aliphatic rings. The maximum atomic E-state index is 13.4. The molecule has 0 spiro atoms. The first-order valence-electron chi connectivity index (χ1n) is 6.77. The topological polar surface area (TPSA) is 0 Å². The van der Waals surface area contributed by atoms with Crippen molar-refractivity contribution in [3.05, 3.63) is 58.9 Å². The molecule has 0 heterocycles. The van der Waals surface area contributed by atoms with Crippen molar-refractivity contribution >= 4 is 0 Å². The second-order valence-electron chi connectivity index (χ2n) is 5.17. The zero-order valence-electron chi connectivity index (χ0n) is 11.4. The summed E-state index contributed by atoms with van der Waals surface area (Å²) in [6, 6.07) is 8.57. The van der Waals surface area contributed by atoms with Crippen LogP contribution >= 0.6 is 0 Å². The van der Waals surface area contributed by atoms with E-state index in [1.54, 1.807) is 6.08 Å². The summed E-state index contributed by atoms with van der Waals surface area (Å²) >= 11 is 0. The van der Waals surface area contributed by atoms with E-state index in [0.29, 0.717) is 5.92 Å². The molecule has 0 fully saturated rings. The highest BCUT2D eigenvalue weighted by Crippen LogP contribution is 2.35. The molecule has 0 saturated carbocycles. The minimum Gasteiger partial charge on any atom is -0.212 e. The Morgan fingerprint density at radius 2 is 2.00 bits per heavy atom. The van der Waals surface area contributed by atoms with Crippen molar-refractivity contribution in [3.63, 3.8) is 0 Å². The minimum atomic E-state index is 0.00901. The molecule has 1 aliphatic carbocycles. The van der Waals surface area contributed by atoms with Crippen molar-refractivity contribution in [2.24, 2.45) is 5.92 Å². The largest absolute Gasteiger partial charge is 0.212 e. The van der Waals surface area contributed by atoms with E-state index in [9.17, 15) is 4.39 Å². The average Bonchev–Trinajstić information content (AvgIpc) is 2.41. The van der Waals surface area contributed by atoms with Crippen LogP contribution < -0.4 is 0 Å². The second-order valence-corrected chi connectivity index (χ2v) is 5.17. The Balaban J connectivity index is 2.29. The van der Waals surface area contributed by atoms with Crippen LogP contribution in [0.3, 0.4) is 0 Å². The molecular formula is C17H21F. The fraction of sp³-hybridized carbons (Fsp3) is 0.412. The number of allylic oxidation sites excluding steroid dienone is 4. The number of hydrogen-bond acceptors (Lipinski definition) is 0. The molecule has 0 nitrogen and oxygen atoms in total. The van der Waals surface area contributed by atoms with Crippen molar-refractivity contribution in [1.82, 2.24) is 0 Å². The van der Waals surface area contributed by atoms with Gasteiger partial charge < -0.3 is 0 Å². The van der Waals surface area contributed by atoms with Crippen LogP contribution in [0.5, 0.6) is 0 Å². The Morgan fingerprint density at radius 1 is 1.28 bits per heavy atom. The van der Waals surface area contributed by atoms with Gasteiger partial charge in [-0.25, -0.2) is 4.39 Å². The summed E-state index contributed by atoms with van der Waals surface area (Å²) in [7, 11) is 0. The summed E-state index contributed by atoms with van der Waals surface area (Å²) in [5.41, 5.74) is 4.12. The van der Waals surface area contributed by atoms with Crippen molar-refractivity contribution in [3.8, 4) is 0 Å². The maximum absolute atomic E-state index is 13.4. The van der Waals surface area contributed by atoms with Gasteiger partial charge in [-0.15, -0.1) is 0 Å². The highest BCUT2D eigenvalue weighted by molar-refractivity contribution is 5.38. The van der Waals surface area contributed by atoms with Crippen LogP contribution in [0.15, 0.2) is 47.8 Å². The molecule has 2 atom stereocenters. The summed E-state index contributed by atoms with van der Waals surface area (Å²) in [6.07, 6.45) is 5.48. The summed E-state index contributed by atoms with van der Waals surface area (Å²) in [5.74, 6) is 0.420. The van der Waals surface area contributed by atoms with Gasteiger partial charge in [0.2, 0.25) is 0 Å². The van der Waals surface area contributed by atoms with Crippen LogP contribution in [0, 0.1) is 5.92 Å².